The van der Waals surface area contributed by atoms with E-state index in [0.717, 1.165) is 24.0 Å². The highest BCUT2D eigenvalue weighted by molar-refractivity contribution is 6.45. The minimum Gasteiger partial charge on any atom is -0.858 e. The van der Waals surface area contributed by atoms with Gasteiger partial charge in [-0.25, -0.2) is 4.68 Å². The molecule has 1 saturated heterocycles. The van der Waals surface area contributed by atoms with Crippen LogP contribution < -0.4 is 9.67 Å². The van der Waals surface area contributed by atoms with E-state index in [0.29, 0.717) is 18.0 Å². The molecule has 1 aromatic carbocycles. The number of ether oxygens (including phenoxy) is 1. The first-order valence-corrected chi connectivity index (χ1v) is 12.3. The van der Waals surface area contributed by atoms with E-state index in [2.05, 4.69) is 5.10 Å². The van der Waals surface area contributed by atoms with E-state index in [-0.39, 0.29) is 35.4 Å². The van der Waals surface area contributed by atoms with E-state index < -0.39 is 17.7 Å². The number of nitrogens with zero attached hydrogens (tertiary/aromatic N) is 4. The molecule has 2 amide bonds. The standard InChI is InChI=1S/C28H30N4O4/c1-17(2)24-22(27(34)32(29-24)20-9-6-5-7-10-20)23-25(30-13-12-18(3)19(4)15-30)28(35)31(26(23)33)16-21-11-8-14-36-21/h5-7,9-10,12-13,15,17,21H,8,11,14,16H2,1-4H3. The Morgan fingerprint density at radius 2 is 1.86 bits per heavy atom. The van der Waals surface area contributed by atoms with E-state index in [1.165, 1.54) is 9.58 Å². The molecule has 4 heterocycles. The summed E-state index contributed by atoms with van der Waals surface area (Å²) in [6.07, 6.45) is 5.07. The van der Waals surface area contributed by atoms with E-state index in [1.807, 2.05) is 58.2 Å². The second kappa shape index (κ2) is 9.35. The number of hydrogen-bond donors (Lipinski definition) is 0. The van der Waals surface area contributed by atoms with Crippen LogP contribution in [0.1, 0.15) is 55.0 Å². The van der Waals surface area contributed by atoms with Crippen LogP contribution in [-0.4, -0.2) is 45.8 Å². The van der Waals surface area contributed by atoms with Gasteiger partial charge < -0.3 is 9.84 Å². The number of carbonyl (C=O) groups is 2. The molecule has 186 valence electrons. The molecule has 3 aromatic rings. The smallest absolute Gasteiger partial charge is 0.327 e. The van der Waals surface area contributed by atoms with Gasteiger partial charge in [0, 0.05) is 23.8 Å². The van der Waals surface area contributed by atoms with Crippen molar-refractivity contribution in [3.8, 4) is 11.6 Å². The first-order chi connectivity index (χ1) is 17.3. The quantitative estimate of drug-likeness (QED) is 0.395. The summed E-state index contributed by atoms with van der Waals surface area (Å²) in [4.78, 5) is 28.9. The average Bonchev–Trinajstić information content (AvgIpc) is 3.55. The second-order valence-corrected chi connectivity index (χ2v) is 9.77. The van der Waals surface area contributed by atoms with Crippen molar-refractivity contribution in [3.05, 3.63) is 71.2 Å². The minimum absolute atomic E-state index is 0.0992. The minimum atomic E-state index is -0.483. The molecule has 2 aliphatic rings. The van der Waals surface area contributed by atoms with Crippen LogP contribution in [0.3, 0.4) is 0 Å². The molecule has 1 atom stereocenters. The SMILES string of the molecule is Cc1cc[n+](C2=C(c3c(C(C)C)nn(-c4ccccc4)c3[O-])C(=O)N(CC3CCCO3)C2=O)cc1C. The third kappa shape index (κ3) is 4.01. The van der Waals surface area contributed by atoms with E-state index >= 15 is 0 Å². The van der Waals surface area contributed by atoms with Crippen molar-refractivity contribution in [2.45, 2.75) is 52.6 Å². The van der Waals surface area contributed by atoms with Crippen LogP contribution in [0.15, 0.2) is 48.8 Å². The van der Waals surface area contributed by atoms with Crippen molar-refractivity contribution in [2.75, 3.05) is 13.2 Å². The molecule has 8 nitrogen and oxygen atoms in total. The molecule has 0 saturated carbocycles. The summed E-state index contributed by atoms with van der Waals surface area (Å²) >= 11 is 0. The van der Waals surface area contributed by atoms with Gasteiger partial charge in [-0.05, 0) is 56.2 Å². The Bertz CT molecular complexity index is 1370. The Kier molecular flexibility index (Phi) is 6.22. The van der Waals surface area contributed by atoms with Gasteiger partial charge in [0.05, 0.1) is 24.0 Å². The second-order valence-electron chi connectivity index (χ2n) is 9.77. The first-order valence-electron chi connectivity index (χ1n) is 12.3. The third-order valence-electron chi connectivity index (χ3n) is 6.92. The highest BCUT2D eigenvalue weighted by Crippen LogP contribution is 2.39. The molecular weight excluding hydrogens is 456 g/mol. The third-order valence-corrected chi connectivity index (χ3v) is 6.92. The molecule has 0 N–H and O–H groups in total. The molecule has 0 bridgehead atoms. The largest absolute Gasteiger partial charge is 0.858 e. The number of aromatic nitrogens is 3. The molecular formula is C28H30N4O4. The maximum Gasteiger partial charge on any atom is 0.327 e. The monoisotopic (exact) mass is 486 g/mol. The van der Waals surface area contributed by atoms with Gasteiger partial charge in [-0.1, -0.05) is 32.0 Å². The van der Waals surface area contributed by atoms with Gasteiger partial charge >= 0.3 is 5.91 Å². The molecule has 1 fully saturated rings. The zero-order valence-corrected chi connectivity index (χ0v) is 21.0. The van der Waals surface area contributed by atoms with Crippen LogP contribution in [0.25, 0.3) is 17.0 Å². The van der Waals surface area contributed by atoms with Crippen molar-refractivity contribution in [3.63, 3.8) is 0 Å². The first kappa shape index (κ1) is 23.9. The predicted octanol–water partition coefficient (Wildman–Crippen LogP) is 2.89. The lowest BCUT2D eigenvalue weighted by molar-refractivity contribution is -0.577. The van der Waals surface area contributed by atoms with Gasteiger partial charge in [0.2, 0.25) is 0 Å². The summed E-state index contributed by atoms with van der Waals surface area (Å²) < 4.78 is 8.71. The van der Waals surface area contributed by atoms with Crippen molar-refractivity contribution >= 4 is 23.1 Å². The summed E-state index contributed by atoms with van der Waals surface area (Å²) in [5.41, 5.74) is 3.57. The van der Waals surface area contributed by atoms with E-state index in [1.54, 1.807) is 22.9 Å². The molecule has 8 heteroatoms. The zero-order chi connectivity index (χ0) is 25.6. The van der Waals surface area contributed by atoms with Gasteiger partial charge in [0.1, 0.15) is 5.57 Å². The summed E-state index contributed by atoms with van der Waals surface area (Å²) in [7, 11) is 0. The van der Waals surface area contributed by atoms with Crippen LogP contribution in [-0.2, 0) is 14.3 Å². The average molecular weight is 487 g/mol. The summed E-state index contributed by atoms with van der Waals surface area (Å²) in [5, 5.41) is 18.5. The number of imide groups is 1. The molecule has 0 aliphatic carbocycles. The fourth-order valence-electron chi connectivity index (χ4n) is 4.80. The van der Waals surface area contributed by atoms with Crippen molar-refractivity contribution in [2.24, 2.45) is 0 Å². The fraction of sp³-hybridized carbons (Fsp3) is 0.357. The Morgan fingerprint density at radius 3 is 2.50 bits per heavy atom. The highest BCUT2D eigenvalue weighted by Gasteiger charge is 2.48. The van der Waals surface area contributed by atoms with Gasteiger partial charge in [-0.2, -0.15) is 9.67 Å². The van der Waals surface area contributed by atoms with Crippen molar-refractivity contribution in [1.82, 2.24) is 14.7 Å². The van der Waals surface area contributed by atoms with Crippen molar-refractivity contribution in [1.29, 1.82) is 0 Å². The molecule has 2 aromatic heterocycles. The molecule has 2 aliphatic heterocycles. The number of aryl methyl sites for hydroxylation is 2. The summed E-state index contributed by atoms with van der Waals surface area (Å²) in [6, 6.07) is 11.0. The fourth-order valence-corrected chi connectivity index (χ4v) is 4.80. The Balaban J connectivity index is 1.73. The van der Waals surface area contributed by atoms with Crippen LogP contribution in [0.5, 0.6) is 5.88 Å². The molecule has 5 rings (SSSR count). The Labute approximate surface area is 210 Å². The lowest BCUT2D eigenvalue weighted by atomic mass is 9.98. The maximum atomic E-state index is 13.9. The number of carbonyl (C=O) groups excluding carboxylic acids is 2. The van der Waals surface area contributed by atoms with Gasteiger partial charge in [-0.15, -0.1) is 0 Å². The summed E-state index contributed by atoms with van der Waals surface area (Å²) in [6.45, 7) is 8.56. The predicted molar refractivity (Wildman–Crippen MR) is 132 cm³/mol. The molecule has 0 spiro atoms. The molecule has 36 heavy (non-hydrogen) atoms. The lowest BCUT2D eigenvalue weighted by Crippen LogP contribution is -2.42. The van der Waals surface area contributed by atoms with Gasteiger partial charge in [0.25, 0.3) is 11.6 Å². The van der Waals surface area contributed by atoms with Crippen LogP contribution in [0.4, 0.5) is 0 Å². The van der Waals surface area contributed by atoms with Crippen molar-refractivity contribution < 1.29 is 24.0 Å². The lowest BCUT2D eigenvalue weighted by Gasteiger charge is -2.19. The zero-order valence-electron chi connectivity index (χ0n) is 21.0. The Morgan fingerprint density at radius 1 is 1.11 bits per heavy atom. The molecule has 0 radical (unpaired) electrons. The number of rotatable bonds is 6. The van der Waals surface area contributed by atoms with Gasteiger partial charge in [0.15, 0.2) is 12.4 Å². The van der Waals surface area contributed by atoms with E-state index in [4.69, 9.17) is 4.74 Å². The van der Waals surface area contributed by atoms with Gasteiger partial charge in [-0.3, -0.25) is 14.5 Å². The molecule has 1 unspecified atom stereocenters. The Hall–Kier alpha value is -3.78. The number of para-hydroxylation sites is 1. The number of amides is 2. The number of hydrogen-bond acceptors (Lipinski definition) is 5. The number of pyridine rings is 1. The van der Waals surface area contributed by atoms with E-state index in [9.17, 15) is 14.7 Å². The maximum absolute atomic E-state index is 13.9. The van der Waals surface area contributed by atoms with Crippen LogP contribution in [0, 0.1) is 13.8 Å². The van der Waals surface area contributed by atoms with Crippen LogP contribution in [0.2, 0.25) is 0 Å². The normalized spacial score (nSPS) is 18.2. The van der Waals surface area contributed by atoms with Crippen LogP contribution >= 0.6 is 0 Å². The topological polar surface area (TPSA) is 91.4 Å². The number of benzene rings is 1. The summed E-state index contributed by atoms with van der Waals surface area (Å²) in [5.74, 6) is -1.48. The highest BCUT2D eigenvalue weighted by atomic mass is 16.5.